The number of benzene rings is 1. The third-order valence-corrected chi connectivity index (χ3v) is 3.06. The van der Waals surface area contributed by atoms with E-state index in [1.807, 2.05) is 6.07 Å². The molecule has 0 aliphatic carbocycles. The van der Waals surface area contributed by atoms with Crippen molar-refractivity contribution in [2.24, 2.45) is 5.73 Å². The first-order valence-electron chi connectivity index (χ1n) is 5.68. The molecule has 1 aromatic rings. The quantitative estimate of drug-likeness (QED) is 0.827. The number of ether oxygens (including phenoxy) is 1. The average molecular weight is 222 g/mol. The van der Waals surface area contributed by atoms with E-state index < -0.39 is 0 Å². The lowest BCUT2D eigenvalue weighted by atomic mass is 10.0. The third kappa shape index (κ3) is 2.74. The first-order valence-corrected chi connectivity index (χ1v) is 5.68. The number of nitrogens with zero attached hydrogens (tertiary/aromatic N) is 1. The minimum Gasteiger partial charge on any atom is -0.496 e. The van der Waals surface area contributed by atoms with Gasteiger partial charge in [0.15, 0.2) is 0 Å². The summed E-state index contributed by atoms with van der Waals surface area (Å²) in [5, 5.41) is 0. The van der Waals surface area contributed by atoms with Gasteiger partial charge < -0.3 is 10.5 Å². The van der Waals surface area contributed by atoms with Crippen LogP contribution < -0.4 is 10.5 Å². The second-order valence-corrected chi connectivity index (χ2v) is 4.05. The molecule has 0 bridgehead atoms. The highest BCUT2D eigenvalue weighted by atomic mass is 16.5. The molecule has 1 unspecified atom stereocenters. The summed E-state index contributed by atoms with van der Waals surface area (Å²) in [7, 11) is 3.79. The molecule has 0 amide bonds. The average Bonchev–Trinajstić information content (AvgIpc) is 2.30. The molecule has 3 nitrogen and oxygen atoms in total. The number of nitrogens with two attached hydrogens (primary N) is 1. The number of likely N-dealkylation sites (N-methyl/N-ethyl adjacent to an activating group) is 1. The fourth-order valence-electron chi connectivity index (χ4n) is 1.90. The van der Waals surface area contributed by atoms with E-state index in [2.05, 4.69) is 37.9 Å². The van der Waals surface area contributed by atoms with Gasteiger partial charge in [-0.1, -0.05) is 19.1 Å². The molecule has 0 fully saturated rings. The molecule has 0 saturated carbocycles. The van der Waals surface area contributed by atoms with Crippen molar-refractivity contribution in [2.45, 2.75) is 19.9 Å². The highest BCUT2D eigenvalue weighted by Crippen LogP contribution is 2.24. The zero-order valence-corrected chi connectivity index (χ0v) is 10.7. The van der Waals surface area contributed by atoms with E-state index in [0.29, 0.717) is 6.54 Å². The zero-order valence-electron chi connectivity index (χ0n) is 10.7. The number of aryl methyl sites for hydroxylation is 1. The van der Waals surface area contributed by atoms with Crippen LogP contribution in [0, 0.1) is 6.92 Å². The Morgan fingerprint density at radius 3 is 2.56 bits per heavy atom. The Hall–Kier alpha value is -1.06. The van der Waals surface area contributed by atoms with Gasteiger partial charge in [0.2, 0.25) is 0 Å². The van der Waals surface area contributed by atoms with Gasteiger partial charge in [-0.15, -0.1) is 0 Å². The van der Waals surface area contributed by atoms with Crippen molar-refractivity contribution in [3.05, 3.63) is 29.3 Å². The molecular weight excluding hydrogens is 200 g/mol. The topological polar surface area (TPSA) is 38.5 Å². The lowest BCUT2D eigenvalue weighted by molar-refractivity contribution is 0.263. The highest BCUT2D eigenvalue weighted by Gasteiger charge is 2.14. The van der Waals surface area contributed by atoms with Crippen LogP contribution in [0.5, 0.6) is 5.75 Å². The number of methoxy groups -OCH3 is 1. The van der Waals surface area contributed by atoms with Crippen LogP contribution in [0.4, 0.5) is 0 Å². The van der Waals surface area contributed by atoms with Gasteiger partial charge in [0.25, 0.3) is 0 Å². The summed E-state index contributed by atoms with van der Waals surface area (Å²) in [4.78, 5) is 2.25. The molecule has 90 valence electrons. The molecule has 0 spiro atoms. The van der Waals surface area contributed by atoms with Crippen molar-refractivity contribution < 1.29 is 4.74 Å². The Balaban J connectivity index is 2.98. The minimum atomic E-state index is 0.287. The summed E-state index contributed by atoms with van der Waals surface area (Å²) in [5.74, 6) is 0.929. The van der Waals surface area contributed by atoms with Gasteiger partial charge in [0.1, 0.15) is 5.75 Å². The molecule has 2 N–H and O–H groups in total. The molecule has 0 aromatic heterocycles. The molecule has 16 heavy (non-hydrogen) atoms. The highest BCUT2D eigenvalue weighted by molar-refractivity contribution is 5.37. The first kappa shape index (κ1) is 13.0. The molecule has 0 heterocycles. The molecule has 0 aliphatic heterocycles. The summed E-state index contributed by atoms with van der Waals surface area (Å²) in [5.41, 5.74) is 8.24. The number of hydrogen-bond acceptors (Lipinski definition) is 3. The van der Waals surface area contributed by atoms with Crippen LogP contribution in [0.2, 0.25) is 0 Å². The SMILES string of the molecule is CCN(C)C(CN)c1ccc(OC)c(C)c1. The maximum Gasteiger partial charge on any atom is 0.121 e. The molecule has 1 aromatic carbocycles. The number of rotatable bonds is 5. The van der Waals surface area contributed by atoms with Crippen molar-refractivity contribution in [1.82, 2.24) is 4.90 Å². The monoisotopic (exact) mass is 222 g/mol. The number of hydrogen-bond donors (Lipinski definition) is 1. The van der Waals surface area contributed by atoms with Gasteiger partial charge in [-0.05, 0) is 37.7 Å². The molecule has 1 atom stereocenters. The normalized spacial score (nSPS) is 12.9. The van der Waals surface area contributed by atoms with Crippen LogP contribution >= 0.6 is 0 Å². The van der Waals surface area contributed by atoms with Crippen LogP contribution in [-0.4, -0.2) is 32.1 Å². The molecule has 1 rings (SSSR count). The predicted molar refractivity (Wildman–Crippen MR) is 67.8 cm³/mol. The Morgan fingerprint density at radius 1 is 1.44 bits per heavy atom. The maximum absolute atomic E-state index is 5.83. The molecule has 0 radical (unpaired) electrons. The zero-order chi connectivity index (χ0) is 12.1. The molecule has 0 saturated heterocycles. The Labute approximate surface area is 98.2 Å². The van der Waals surface area contributed by atoms with Crippen LogP contribution in [0.25, 0.3) is 0 Å². The minimum absolute atomic E-state index is 0.287. The molecular formula is C13H22N2O. The maximum atomic E-state index is 5.83. The van der Waals surface area contributed by atoms with E-state index in [1.165, 1.54) is 5.56 Å². The standard InChI is InChI=1S/C13H22N2O/c1-5-15(3)12(9-14)11-6-7-13(16-4)10(2)8-11/h6-8,12H,5,9,14H2,1-4H3. The lowest BCUT2D eigenvalue weighted by Gasteiger charge is -2.26. The summed E-state index contributed by atoms with van der Waals surface area (Å²) in [6.07, 6.45) is 0. The Kier molecular flexibility index (Phi) is 4.77. The predicted octanol–water partition coefficient (Wildman–Crippen LogP) is 1.96. The van der Waals surface area contributed by atoms with Crippen LogP contribution in [0.15, 0.2) is 18.2 Å². The van der Waals surface area contributed by atoms with Gasteiger partial charge >= 0.3 is 0 Å². The van der Waals surface area contributed by atoms with Crippen molar-refractivity contribution >= 4 is 0 Å². The van der Waals surface area contributed by atoms with Gasteiger partial charge in [-0.3, -0.25) is 4.90 Å². The second kappa shape index (κ2) is 5.87. The largest absolute Gasteiger partial charge is 0.496 e. The van der Waals surface area contributed by atoms with Gasteiger partial charge in [-0.2, -0.15) is 0 Å². The van der Waals surface area contributed by atoms with E-state index in [4.69, 9.17) is 10.5 Å². The van der Waals surface area contributed by atoms with Crippen molar-refractivity contribution in [2.75, 3.05) is 27.2 Å². The fraction of sp³-hybridized carbons (Fsp3) is 0.538. The van der Waals surface area contributed by atoms with E-state index in [9.17, 15) is 0 Å². The third-order valence-electron chi connectivity index (χ3n) is 3.06. The summed E-state index contributed by atoms with van der Waals surface area (Å²) < 4.78 is 5.26. The van der Waals surface area contributed by atoms with Gasteiger partial charge in [0, 0.05) is 12.6 Å². The van der Waals surface area contributed by atoms with Crippen molar-refractivity contribution in [3.8, 4) is 5.75 Å². The fourth-order valence-corrected chi connectivity index (χ4v) is 1.90. The molecule has 3 heteroatoms. The molecule has 0 aliphatic rings. The van der Waals surface area contributed by atoms with Crippen LogP contribution in [-0.2, 0) is 0 Å². The summed E-state index contributed by atoms with van der Waals surface area (Å²) in [6, 6.07) is 6.55. The Bertz CT molecular complexity index is 339. The van der Waals surface area contributed by atoms with E-state index in [-0.39, 0.29) is 6.04 Å². The van der Waals surface area contributed by atoms with Crippen molar-refractivity contribution in [1.29, 1.82) is 0 Å². The smallest absolute Gasteiger partial charge is 0.121 e. The summed E-state index contributed by atoms with van der Waals surface area (Å²) in [6.45, 7) is 5.82. The first-order chi connectivity index (χ1) is 7.63. The van der Waals surface area contributed by atoms with Gasteiger partial charge in [0.05, 0.1) is 7.11 Å². The Morgan fingerprint density at radius 2 is 2.12 bits per heavy atom. The van der Waals surface area contributed by atoms with Crippen LogP contribution in [0.1, 0.15) is 24.1 Å². The van der Waals surface area contributed by atoms with E-state index in [0.717, 1.165) is 17.9 Å². The van der Waals surface area contributed by atoms with E-state index in [1.54, 1.807) is 7.11 Å². The van der Waals surface area contributed by atoms with Crippen LogP contribution in [0.3, 0.4) is 0 Å². The van der Waals surface area contributed by atoms with E-state index >= 15 is 0 Å². The summed E-state index contributed by atoms with van der Waals surface area (Å²) >= 11 is 0. The second-order valence-electron chi connectivity index (χ2n) is 4.05. The van der Waals surface area contributed by atoms with Gasteiger partial charge in [-0.25, -0.2) is 0 Å². The van der Waals surface area contributed by atoms with Crippen molar-refractivity contribution in [3.63, 3.8) is 0 Å². The lowest BCUT2D eigenvalue weighted by Crippen LogP contribution is -2.30.